The van der Waals surface area contributed by atoms with Crippen LogP contribution in [0.15, 0.2) is 29.2 Å². The lowest BCUT2D eigenvalue weighted by atomic mass is 10.2. The summed E-state index contributed by atoms with van der Waals surface area (Å²) in [6.07, 6.45) is 2.96. The fraction of sp³-hybridized carbons (Fsp3) is 0.500. The number of alkyl halides is 1. The van der Waals surface area contributed by atoms with Gasteiger partial charge in [0.15, 0.2) is 0 Å². The van der Waals surface area contributed by atoms with Crippen molar-refractivity contribution in [2.24, 2.45) is 0 Å². The molecule has 0 saturated heterocycles. The lowest BCUT2D eigenvalue weighted by Crippen LogP contribution is -2.28. The van der Waals surface area contributed by atoms with E-state index < -0.39 is 10.0 Å². The van der Waals surface area contributed by atoms with Gasteiger partial charge in [0.1, 0.15) is 0 Å². The SMILES string of the molecule is O=C(CCCNS(=O)(=O)c1ccc(CBr)cc1)NC1CC1. The number of rotatable bonds is 8. The lowest BCUT2D eigenvalue weighted by molar-refractivity contribution is -0.121. The van der Waals surface area contributed by atoms with Gasteiger partial charge in [0.25, 0.3) is 0 Å². The molecule has 0 spiro atoms. The second-order valence-corrected chi connectivity index (χ2v) is 7.45. The number of hydrogen-bond donors (Lipinski definition) is 2. The van der Waals surface area contributed by atoms with Crippen LogP contribution in [0.4, 0.5) is 0 Å². The molecule has 1 saturated carbocycles. The Morgan fingerprint density at radius 2 is 1.90 bits per heavy atom. The van der Waals surface area contributed by atoms with E-state index in [4.69, 9.17) is 0 Å². The summed E-state index contributed by atoms with van der Waals surface area (Å²) < 4.78 is 26.6. The first-order valence-electron chi connectivity index (χ1n) is 6.95. The van der Waals surface area contributed by atoms with E-state index in [9.17, 15) is 13.2 Å². The van der Waals surface area contributed by atoms with Crippen molar-refractivity contribution in [1.82, 2.24) is 10.0 Å². The smallest absolute Gasteiger partial charge is 0.240 e. The molecule has 0 aliphatic heterocycles. The zero-order chi connectivity index (χ0) is 15.3. The van der Waals surface area contributed by atoms with E-state index in [2.05, 4.69) is 26.0 Å². The standard InChI is InChI=1S/C14H19BrN2O3S/c15-10-11-3-7-13(8-4-11)21(19,20)16-9-1-2-14(18)17-12-5-6-12/h3-4,7-8,12,16H,1-2,5-6,9-10H2,(H,17,18). The molecule has 0 radical (unpaired) electrons. The number of sulfonamides is 1. The molecule has 0 aromatic heterocycles. The van der Waals surface area contributed by atoms with Gasteiger partial charge in [-0.25, -0.2) is 13.1 Å². The topological polar surface area (TPSA) is 75.3 Å². The Bertz CT molecular complexity index is 583. The average Bonchev–Trinajstić information content (AvgIpc) is 3.27. The molecule has 2 rings (SSSR count). The summed E-state index contributed by atoms with van der Waals surface area (Å²) in [7, 11) is -3.49. The predicted molar refractivity (Wildman–Crippen MR) is 84.7 cm³/mol. The quantitative estimate of drug-likeness (QED) is 0.539. The molecule has 7 heteroatoms. The minimum Gasteiger partial charge on any atom is -0.353 e. The Kier molecular flexibility index (Phi) is 5.78. The van der Waals surface area contributed by atoms with Crippen molar-refractivity contribution in [3.05, 3.63) is 29.8 Å². The first kappa shape index (κ1) is 16.5. The van der Waals surface area contributed by atoms with Crippen molar-refractivity contribution in [2.45, 2.75) is 42.0 Å². The first-order chi connectivity index (χ1) is 10.0. The maximum absolute atomic E-state index is 12.0. The van der Waals surface area contributed by atoms with Gasteiger partial charge in [0.05, 0.1) is 4.90 Å². The second-order valence-electron chi connectivity index (χ2n) is 5.12. The molecule has 1 amide bonds. The number of carbonyl (C=O) groups excluding carboxylic acids is 1. The van der Waals surface area contributed by atoms with Crippen LogP contribution < -0.4 is 10.0 Å². The van der Waals surface area contributed by atoms with Crippen LogP contribution in [0.25, 0.3) is 0 Å². The van der Waals surface area contributed by atoms with E-state index in [-0.39, 0.29) is 17.3 Å². The third-order valence-corrected chi connectivity index (χ3v) is 5.33. The van der Waals surface area contributed by atoms with Crippen molar-refractivity contribution < 1.29 is 13.2 Å². The van der Waals surface area contributed by atoms with Gasteiger partial charge in [0.2, 0.25) is 15.9 Å². The van der Waals surface area contributed by atoms with Crippen LogP contribution in [0.5, 0.6) is 0 Å². The highest BCUT2D eigenvalue weighted by molar-refractivity contribution is 9.08. The first-order valence-corrected chi connectivity index (χ1v) is 9.55. The second kappa shape index (κ2) is 7.38. The number of nitrogens with one attached hydrogen (secondary N) is 2. The van der Waals surface area contributed by atoms with Crippen LogP contribution in [0.3, 0.4) is 0 Å². The highest BCUT2D eigenvalue weighted by Crippen LogP contribution is 2.18. The Morgan fingerprint density at radius 1 is 1.24 bits per heavy atom. The van der Waals surface area contributed by atoms with Crippen LogP contribution in [0, 0.1) is 0 Å². The summed E-state index contributed by atoms with van der Waals surface area (Å²) in [5.74, 6) is -0.00151. The Balaban J connectivity index is 1.76. The third-order valence-electron chi connectivity index (χ3n) is 3.20. The summed E-state index contributed by atoms with van der Waals surface area (Å²) in [5.41, 5.74) is 1.02. The normalized spacial score (nSPS) is 14.9. The number of halogens is 1. The maximum atomic E-state index is 12.0. The van der Waals surface area contributed by atoms with Gasteiger partial charge in [0, 0.05) is 24.3 Å². The van der Waals surface area contributed by atoms with Crippen LogP contribution in [-0.4, -0.2) is 26.9 Å². The van der Waals surface area contributed by atoms with Gasteiger partial charge in [-0.05, 0) is 37.0 Å². The van der Waals surface area contributed by atoms with Crippen molar-refractivity contribution >= 4 is 31.9 Å². The van der Waals surface area contributed by atoms with E-state index in [0.29, 0.717) is 24.2 Å². The van der Waals surface area contributed by atoms with E-state index in [1.165, 1.54) is 0 Å². The van der Waals surface area contributed by atoms with Gasteiger partial charge in [-0.3, -0.25) is 4.79 Å². The van der Waals surface area contributed by atoms with Gasteiger partial charge in [-0.1, -0.05) is 28.1 Å². The molecule has 5 nitrogen and oxygen atoms in total. The molecule has 0 atom stereocenters. The van der Waals surface area contributed by atoms with Gasteiger partial charge in [-0.15, -0.1) is 0 Å². The van der Waals surface area contributed by atoms with Gasteiger partial charge >= 0.3 is 0 Å². The zero-order valence-electron chi connectivity index (χ0n) is 11.6. The summed E-state index contributed by atoms with van der Waals surface area (Å²) in [6, 6.07) is 7.05. The fourth-order valence-electron chi connectivity index (χ4n) is 1.82. The minimum atomic E-state index is -3.49. The molecule has 116 valence electrons. The molecule has 1 aromatic carbocycles. The van der Waals surface area contributed by atoms with E-state index in [1.807, 2.05) is 0 Å². The monoisotopic (exact) mass is 374 g/mol. The fourth-order valence-corrected chi connectivity index (χ4v) is 3.27. The van der Waals surface area contributed by atoms with Gasteiger partial charge < -0.3 is 5.32 Å². The summed E-state index contributed by atoms with van der Waals surface area (Å²) in [5, 5.41) is 3.57. The molecule has 1 aliphatic carbocycles. The summed E-state index contributed by atoms with van der Waals surface area (Å²) >= 11 is 3.32. The largest absolute Gasteiger partial charge is 0.353 e. The van der Waals surface area contributed by atoms with Crippen LogP contribution in [0.2, 0.25) is 0 Å². The Labute approximate surface area is 133 Å². The molecular formula is C14H19BrN2O3S. The predicted octanol–water partition coefficient (Wildman–Crippen LogP) is 1.92. The molecule has 0 bridgehead atoms. The Hall–Kier alpha value is -0.920. The zero-order valence-corrected chi connectivity index (χ0v) is 14.0. The number of amides is 1. The van der Waals surface area contributed by atoms with Gasteiger partial charge in [-0.2, -0.15) is 0 Å². The highest BCUT2D eigenvalue weighted by Gasteiger charge is 2.22. The van der Waals surface area contributed by atoms with E-state index >= 15 is 0 Å². The van der Waals surface area contributed by atoms with Crippen LogP contribution >= 0.6 is 15.9 Å². The van der Waals surface area contributed by atoms with Crippen LogP contribution in [-0.2, 0) is 20.1 Å². The van der Waals surface area contributed by atoms with Crippen molar-refractivity contribution in [2.75, 3.05) is 6.54 Å². The Morgan fingerprint density at radius 3 is 2.48 bits per heavy atom. The van der Waals surface area contributed by atoms with Crippen molar-refractivity contribution in [3.8, 4) is 0 Å². The number of hydrogen-bond acceptors (Lipinski definition) is 3. The van der Waals surface area contributed by atoms with E-state index in [1.54, 1.807) is 24.3 Å². The molecule has 1 fully saturated rings. The number of benzene rings is 1. The average molecular weight is 375 g/mol. The highest BCUT2D eigenvalue weighted by atomic mass is 79.9. The summed E-state index contributed by atoms with van der Waals surface area (Å²) in [4.78, 5) is 11.7. The van der Waals surface area contributed by atoms with Crippen molar-refractivity contribution in [3.63, 3.8) is 0 Å². The third kappa shape index (κ3) is 5.41. The summed E-state index contributed by atoms with van der Waals surface area (Å²) in [6.45, 7) is 0.264. The van der Waals surface area contributed by atoms with Crippen molar-refractivity contribution in [1.29, 1.82) is 0 Å². The minimum absolute atomic E-state index is 0.00151. The lowest BCUT2D eigenvalue weighted by Gasteiger charge is -2.07. The molecule has 21 heavy (non-hydrogen) atoms. The molecule has 1 aliphatic rings. The maximum Gasteiger partial charge on any atom is 0.240 e. The van der Waals surface area contributed by atoms with E-state index in [0.717, 1.165) is 18.4 Å². The molecule has 0 unspecified atom stereocenters. The van der Waals surface area contributed by atoms with Crippen LogP contribution in [0.1, 0.15) is 31.2 Å². The molecule has 1 aromatic rings. The molecular weight excluding hydrogens is 356 g/mol. The molecule has 0 heterocycles. The number of carbonyl (C=O) groups is 1. The molecule has 2 N–H and O–H groups in total.